The first-order valence-corrected chi connectivity index (χ1v) is 11.0. The molecule has 1 atom stereocenters. The quantitative estimate of drug-likeness (QED) is 0.875. The average Bonchev–Trinajstić information content (AvgIpc) is 3.38. The number of likely N-dealkylation sites (tertiary alicyclic amines) is 1. The molecule has 1 spiro atoms. The first-order valence-electron chi connectivity index (χ1n) is 9.73. The molecule has 138 valence electrons. The van der Waals surface area contributed by atoms with Gasteiger partial charge in [-0.25, -0.2) is 4.98 Å². The van der Waals surface area contributed by atoms with Gasteiger partial charge in [-0.05, 0) is 44.9 Å². The van der Waals surface area contributed by atoms with E-state index in [0.717, 1.165) is 62.7 Å². The number of H-pyrrole nitrogens is 1. The van der Waals surface area contributed by atoms with Crippen molar-refractivity contribution >= 4 is 17.7 Å². The van der Waals surface area contributed by atoms with E-state index in [0.29, 0.717) is 5.91 Å². The van der Waals surface area contributed by atoms with Crippen molar-refractivity contribution in [3.05, 3.63) is 17.7 Å². The number of thioether (sulfide) groups is 1. The molecule has 1 aromatic rings. The normalized spacial score (nSPS) is 24.3. The number of hydrogen-bond acceptors (Lipinski definition) is 4. The van der Waals surface area contributed by atoms with E-state index in [4.69, 9.17) is 0 Å². The summed E-state index contributed by atoms with van der Waals surface area (Å²) in [6, 6.07) is 0. The summed E-state index contributed by atoms with van der Waals surface area (Å²) in [5.74, 6) is 0.677. The molecular weight excluding hydrogens is 332 g/mol. The van der Waals surface area contributed by atoms with Crippen LogP contribution in [0.3, 0.4) is 0 Å². The molecule has 1 saturated heterocycles. The number of aromatic amines is 1. The number of amides is 1. The van der Waals surface area contributed by atoms with E-state index in [2.05, 4.69) is 32.9 Å². The zero-order valence-corrected chi connectivity index (χ0v) is 16.3. The van der Waals surface area contributed by atoms with Gasteiger partial charge in [-0.1, -0.05) is 6.92 Å². The van der Waals surface area contributed by atoms with Crippen LogP contribution in [-0.2, 0) is 16.8 Å². The number of hydrogen-bond donors (Lipinski definition) is 1. The summed E-state index contributed by atoms with van der Waals surface area (Å²) in [4.78, 5) is 25.8. The van der Waals surface area contributed by atoms with Gasteiger partial charge in [0, 0.05) is 42.9 Å². The number of carbonyl (C=O) groups excluding carboxylic acids is 1. The smallest absolute Gasteiger partial charge is 0.226 e. The number of carbonyl (C=O) groups is 1. The van der Waals surface area contributed by atoms with Crippen LogP contribution in [0.15, 0.2) is 6.33 Å². The lowest BCUT2D eigenvalue weighted by Crippen LogP contribution is -2.58. The highest BCUT2D eigenvalue weighted by atomic mass is 32.2. The Morgan fingerprint density at radius 3 is 2.84 bits per heavy atom. The van der Waals surface area contributed by atoms with Gasteiger partial charge in [0.2, 0.25) is 5.91 Å². The van der Waals surface area contributed by atoms with Gasteiger partial charge in [-0.2, -0.15) is 11.8 Å². The van der Waals surface area contributed by atoms with Crippen molar-refractivity contribution < 1.29 is 4.79 Å². The molecule has 0 unspecified atom stereocenters. The highest BCUT2D eigenvalue weighted by Gasteiger charge is 2.50. The second kappa shape index (κ2) is 6.95. The van der Waals surface area contributed by atoms with E-state index in [-0.39, 0.29) is 11.5 Å². The Kier molecular flexibility index (Phi) is 4.84. The molecule has 5 nitrogen and oxygen atoms in total. The number of aromatic nitrogens is 2. The average molecular weight is 363 g/mol. The Labute approximate surface area is 154 Å². The Hall–Kier alpha value is -1.01. The van der Waals surface area contributed by atoms with Crippen molar-refractivity contribution in [3.8, 4) is 0 Å². The maximum absolute atomic E-state index is 13.0. The lowest BCUT2D eigenvalue weighted by molar-refractivity contribution is -0.143. The molecule has 1 amide bonds. The third-order valence-electron chi connectivity index (χ3n) is 6.39. The fraction of sp³-hybridized carbons (Fsp3) is 0.789. The largest absolute Gasteiger partial charge is 0.348 e. The van der Waals surface area contributed by atoms with Crippen LogP contribution in [0.4, 0.5) is 0 Å². The molecule has 1 aromatic heterocycles. The topological polar surface area (TPSA) is 52.2 Å². The predicted molar refractivity (Wildman–Crippen MR) is 102 cm³/mol. The Bertz CT molecular complexity index is 619. The molecule has 4 rings (SSSR count). The molecule has 25 heavy (non-hydrogen) atoms. The van der Waals surface area contributed by atoms with Crippen molar-refractivity contribution in [2.24, 2.45) is 5.92 Å². The van der Waals surface area contributed by atoms with Crippen LogP contribution in [0.2, 0.25) is 0 Å². The predicted octanol–water partition coefficient (Wildman–Crippen LogP) is 2.64. The van der Waals surface area contributed by atoms with Gasteiger partial charge >= 0.3 is 0 Å². The molecule has 2 fully saturated rings. The van der Waals surface area contributed by atoms with Gasteiger partial charge in [0.1, 0.15) is 0 Å². The van der Waals surface area contributed by atoms with Gasteiger partial charge in [-0.15, -0.1) is 0 Å². The standard InChI is InChI=1S/C19H30N4OS/c1-14(25-2)5-9-22-11-7-19(8-12-22)17-16(20-13-21-17)6-10-23(19)18(24)15-3-4-15/h13-15H,3-12H2,1-2H3,(H,20,21)/t14-/m0/s1. The maximum atomic E-state index is 13.0. The van der Waals surface area contributed by atoms with Crippen LogP contribution in [0.1, 0.15) is 50.4 Å². The van der Waals surface area contributed by atoms with Crippen molar-refractivity contribution in [2.45, 2.75) is 56.2 Å². The number of piperidine rings is 1. The Morgan fingerprint density at radius 2 is 2.16 bits per heavy atom. The van der Waals surface area contributed by atoms with E-state index >= 15 is 0 Å². The number of imidazole rings is 1. The molecular formula is C19H30N4OS. The molecule has 1 N–H and O–H groups in total. The van der Waals surface area contributed by atoms with Crippen molar-refractivity contribution in [2.75, 3.05) is 32.4 Å². The molecule has 3 aliphatic rings. The van der Waals surface area contributed by atoms with Crippen molar-refractivity contribution in [3.63, 3.8) is 0 Å². The molecule has 2 aliphatic heterocycles. The summed E-state index contributed by atoms with van der Waals surface area (Å²) < 4.78 is 0. The monoisotopic (exact) mass is 362 g/mol. The second-order valence-corrected chi connectivity index (χ2v) is 9.23. The SMILES string of the molecule is CS[C@@H](C)CCN1CCC2(CC1)c1nc[nH]c1CCN2C(=O)C1CC1. The minimum absolute atomic E-state index is 0.158. The summed E-state index contributed by atoms with van der Waals surface area (Å²) in [6.07, 6.45) is 10.4. The second-order valence-electron chi connectivity index (χ2n) is 7.95. The minimum Gasteiger partial charge on any atom is -0.348 e. The van der Waals surface area contributed by atoms with Crippen LogP contribution in [0, 0.1) is 5.92 Å². The van der Waals surface area contributed by atoms with Gasteiger partial charge in [0.25, 0.3) is 0 Å². The third-order valence-corrected chi connectivity index (χ3v) is 7.43. The number of nitrogens with zero attached hydrogens (tertiary/aromatic N) is 3. The van der Waals surface area contributed by atoms with Crippen LogP contribution in [0.25, 0.3) is 0 Å². The number of nitrogens with one attached hydrogen (secondary N) is 1. The Morgan fingerprint density at radius 1 is 1.40 bits per heavy atom. The molecule has 1 aliphatic carbocycles. The van der Waals surface area contributed by atoms with Gasteiger partial charge < -0.3 is 14.8 Å². The van der Waals surface area contributed by atoms with Crippen LogP contribution >= 0.6 is 11.8 Å². The maximum Gasteiger partial charge on any atom is 0.226 e. The fourth-order valence-corrected chi connectivity index (χ4v) is 4.83. The minimum atomic E-state index is -0.158. The molecule has 0 bridgehead atoms. The van der Waals surface area contributed by atoms with Gasteiger partial charge in [0.05, 0.1) is 17.6 Å². The number of rotatable bonds is 5. The zero-order valence-electron chi connectivity index (χ0n) is 15.5. The lowest BCUT2D eigenvalue weighted by atomic mass is 9.78. The van der Waals surface area contributed by atoms with Crippen molar-refractivity contribution in [1.82, 2.24) is 19.8 Å². The van der Waals surface area contributed by atoms with Crippen LogP contribution in [0.5, 0.6) is 0 Å². The fourth-order valence-electron chi connectivity index (χ4n) is 4.49. The third kappa shape index (κ3) is 3.23. The van der Waals surface area contributed by atoms with Crippen LogP contribution < -0.4 is 0 Å². The van der Waals surface area contributed by atoms with E-state index in [1.807, 2.05) is 18.1 Å². The van der Waals surface area contributed by atoms with Crippen molar-refractivity contribution in [1.29, 1.82) is 0 Å². The van der Waals surface area contributed by atoms with Crippen LogP contribution in [-0.4, -0.2) is 63.4 Å². The number of fused-ring (bicyclic) bond motifs is 2. The molecule has 3 heterocycles. The summed E-state index contributed by atoms with van der Waals surface area (Å²) >= 11 is 1.95. The summed E-state index contributed by atoms with van der Waals surface area (Å²) in [5, 5.41) is 0.719. The molecule has 0 radical (unpaired) electrons. The molecule has 1 saturated carbocycles. The van der Waals surface area contributed by atoms with E-state index in [1.54, 1.807) is 0 Å². The van der Waals surface area contributed by atoms with Gasteiger partial charge in [-0.3, -0.25) is 4.79 Å². The van der Waals surface area contributed by atoms with Gasteiger partial charge in [0.15, 0.2) is 0 Å². The lowest BCUT2D eigenvalue weighted by Gasteiger charge is -2.50. The van der Waals surface area contributed by atoms with E-state index < -0.39 is 0 Å². The summed E-state index contributed by atoms with van der Waals surface area (Å²) in [5.41, 5.74) is 2.25. The highest BCUT2D eigenvalue weighted by molar-refractivity contribution is 7.99. The van der Waals surface area contributed by atoms with E-state index in [9.17, 15) is 4.79 Å². The molecule has 0 aromatic carbocycles. The molecule has 6 heteroatoms. The Balaban J connectivity index is 1.51. The zero-order chi connectivity index (χ0) is 17.4. The summed E-state index contributed by atoms with van der Waals surface area (Å²) in [7, 11) is 0. The first-order chi connectivity index (χ1) is 12.1. The highest BCUT2D eigenvalue weighted by Crippen LogP contribution is 2.45. The summed E-state index contributed by atoms with van der Waals surface area (Å²) in [6.45, 7) is 6.48. The van der Waals surface area contributed by atoms with E-state index in [1.165, 1.54) is 18.7 Å². The first kappa shape index (κ1) is 17.4.